The zero-order chi connectivity index (χ0) is 17.8. The summed E-state index contributed by atoms with van der Waals surface area (Å²) in [6.45, 7) is 13.0. The Morgan fingerprint density at radius 3 is 2.26 bits per heavy atom. The van der Waals surface area contributed by atoms with Crippen LogP contribution in [-0.2, 0) is 10.8 Å². The van der Waals surface area contributed by atoms with E-state index >= 15 is 0 Å². The average molecular weight is 329 g/mol. The van der Waals surface area contributed by atoms with Crippen molar-refractivity contribution in [3.05, 3.63) is 28.8 Å². The Morgan fingerprint density at radius 2 is 1.83 bits per heavy atom. The van der Waals surface area contributed by atoms with Crippen LogP contribution in [0.15, 0.2) is 12.1 Å². The Labute approximate surface area is 142 Å². The molecule has 3 heteroatoms. The summed E-state index contributed by atoms with van der Waals surface area (Å²) in [6.07, 6.45) is 11.7. The summed E-state index contributed by atoms with van der Waals surface area (Å²) in [5.74, 6) is 6.23. The van der Waals surface area contributed by atoms with Crippen molar-refractivity contribution in [2.75, 3.05) is 7.11 Å². The summed E-state index contributed by atoms with van der Waals surface area (Å²) in [6, 6.07) is 4.01. The molecule has 1 rings (SSSR count). The van der Waals surface area contributed by atoms with Gasteiger partial charge in [-0.1, -0.05) is 38.7 Å². The minimum absolute atomic E-state index is 0.112. The Morgan fingerprint density at radius 1 is 1.22 bits per heavy atom. The Kier molecular flexibility index (Phi) is 6.11. The maximum Gasteiger partial charge on any atom is 0.193 e. The molecule has 0 aromatic heterocycles. The van der Waals surface area contributed by atoms with E-state index in [-0.39, 0.29) is 11.1 Å². The summed E-state index contributed by atoms with van der Waals surface area (Å²) in [4.78, 5) is 0. The predicted octanol–water partition coefficient (Wildman–Crippen LogP) is 4.55. The molecule has 1 aromatic rings. The topological polar surface area (TPSA) is 18.5 Å². The largest absolute Gasteiger partial charge is 0.495 e. The van der Waals surface area contributed by atoms with E-state index in [0.29, 0.717) is 12.2 Å². The van der Waals surface area contributed by atoms with Crippen molar-refractivity contribution in [2.24, 2.45) is 0 Å². The normalized spacial score (nSPS) is 13.1. The van der Waals surface area contributed by atoms with E-state index in [9.17, 15) is 0 Å². The number of aryl methyl sites for hydroxylation is 1. The highest BCUT2D eigenvalue weighted by molar-refractivity contribution is 6.74. The Hall–Kier alpha value is -1.68. The third-order valence-electron chi connectivity index (χ3n) is 4.53. The molecule has 1 aromatic carbocycles. The van der Waals surface area contributed by atoms with Crippen molar-refractivity contribution in [3.8, 4) is 30.4 Å². The standard InChI is InChI=1S/C20H28O2Si/c1-10-17(22-23(8,9)20(4,5)6)14-16-12-15(3)13-19(21-7)18(16)11-2/h1-2,12-13,17H,14H2,3-9H3. The van der Waals surface area contributed by atoms with Gasteiger partial charge in [-0.25, -0.2) is 0 Å². The predicted molar refractivity (Wildman–Crippen MR) is 100 cm³/mol. The molecule has 0 aliphatic rings. The molecule has 1 atom stereocenters. The van der Waals surface area contributed by atoms with Crippen LogP contribution in [0.2, 0.25) is 18.1 Å². The third kappa shape index (κ3) is 4.64. The van der Waals surface area contributed by atoms with Gasteiger partial charge in [-0.2, -0.15) is 0 Å². The second-order valence-corrected chi connectivity index (χ2v) is 12.1. The number of hydrogen-bond acceptors (Lipinski definition) is 2. The summed E-state index contributed by atoms with van der Waals surface area (Å²) >= 11 is 0. The zero-order valence-electron chi connectivity index (χ0n) is 15.4. The lowest BCUT2D eigenvalue weighted by atomic mass is 9.98. The molecule has 0 aliphatic carbocycles. The van der Waals surface area contributed by atoms with Gasteiger partial charge in [-0.3, -0.25) is 0 Å². The van der Waals surface area contributed by atoms with Crippen LogP contribution in [0.5, 0.6) is 5.75 Å². The number of benzene rings is 1. The van der Waals surface area contributed by atoms with E-state index in [1.807, 2.05) is 13.0 Å². The molecule has 2 nitrogen and oxygen atoms in total. The maximum atomic E-state index is 6.36. The molecular formula is C20H28O2Si. The molecule has 0 saturated carbocycles. The van der Waals surface area contributed by atoms with E-state index in [4.69, 9.17) is 22.0 Å². The smallest absolute Gasteiger partial charge is 0.193 e. The van der Waals surface area contributed by atoms with E-state index in [0.717, 1.165) is 16.7 Å². The van der Waals surface area contributed by atoms with Gasteiger partial charge >= 0.3 is 0 Å². The minimum atomic E-state index is -1.93. The number of ether oxygens (including phenoxy) is 1. The minimum Gasteiger partial charge on any atom is -0.495 e. The highest BCUT2D eigenvalue weighted by atomic mass is 28.4. The van der Waals surface area contributed by atoms with Gasteiger partial charge in [0.25, 0.3) is 0 Å². The third-order valence-corrected chi connectivity index (χ3v) is 9.01. The SMILES string of the molecule is C#Cc1c(CC(C#C)O[Si](C)(C)C(C)(C)C)cc(C)cc1OC. The van der Waals surface area contributed by atoms with Crippen molar-refractivity contribution >= 4 is 8.32 Å². The van der Waals surface area contributed by atoms with Gasteiger partial charge in [-0.15, -0.1) is 12.8 Å². The fourth-order valence-electron chi connectivity index (χ4n) is 2.18. The van der Waals surface area contributed by atoms with Crippen molar-refractivity contribution in [1.82, 2.24) is 0 Å². The molecule has 0 radical (unpaired) electrons. The molecule has 0 aliphatic heterocycles. The Balaban J connectivity index is 3.13. The molecule has 124 valence electrons. The molecule has 0 bridgehead atoms. The first-order chi connectivity index (χ1) is 10.6. The van der Waals surface area contributed by atoms with Gasteiger partial charge in [0.2, 0.25) is 0 Å². The average Bonchev–Trinajstić information content (AvgIpc) is 2.44. The zero-order valence-corrected chi connectivity index (χ0v) is 16.4. The first-order valence-electron chi connectivity index (χ1n) is 7.83. The highest BCUT2D eigenvalue weighted by Crippen LogP contribution is 2.37. The van der Waals surface area contributed by atoms with Gasteiger partial charge in [0.05, 0.1) is 12.7 Å². The van der Waals surface area contributed by atoms with Crippen LogP contribution in [0.4, 0.5) is 0 Å². The lowest BCUT2D eigenvalue weighted by molar-refractivity contribution is 0.233. The molecule has 0 heterocycles. The number of hydrogen-bond donors (Lipinski definition) is 0. The van der Waals surface area contributed by atoms with Crippen LogP contribution < -0.4 is 4.74 Å². The second kappa shape index (κ2) is 7.26. The molecule has 1 unspecified atom stereocenters. The fraction of sp³-hybridized carbons (Fsp3) is 0.500. The molecule has 0 saturated heterocycles. The highest BCUT2D eigenvalue weighted by Gasteiger charge is 2.39. The van der Waals surface area contributed by atoms with E-state index in [1.54, 1.807) is 7.11 Å². The molecule has 0 spiro atoms. The van der Waals surface area contributed by atoms with Crippen LogP contribution in [0.3, 0.4) is 0 Å². The Bertz CT molecular complexity index is 639. The molecule has 0 amide bonds. The monoisotopic (exact) mass is 328 g/mol. The van der Waals surface area contributed by atoms with Crippen LogP contribution in [0.25, 0.3) is 0 Å². The quantitative estimate of drug-likeness (QED) is 0.583. The van der Waals surface area contributed by atoms with Gasteiger partial charge in [0.15, 0.2) is 8.32 Å². The fourth-order valence-corrected chi connectivity index (χ4v) is 3.39. The van der Waals surface area contributed by atoms with E-state index in [1.165, 1.54) is 0 Å². The van der Waals surface area contributed by atoms with Gasteiger partial charge in [0, 0.05) is 6.42 Å². The number of terminal acetylenes is 2. The van der Waals surface area contributed by atoms with Crippen molar-refractivity contribution in [1.29, 1.82) is 0 Å². The van der Waals surface area contributed by atoms with Gasteiger partial charge < -0.3 is 9.16 Å². The first-order valence-corrected chi connectivity index (χ1v) is 10.7. The lowest BCUT2D eigenvalue weighted by Gasteiger charge is -2.38. The molecule has 0 fully saturated rings. The van der Waals surface area contributed by atoms with Crippen LogP contribution in [0.1, 0.15) is 37.5 Å². The maximum absolute atomic E-state index is 6.36. The lowest BCUT2D eigenvalue weighted by Crippen LogP contribution is -2.44. The first kappa shape index (κ1) is 19.4. The number of methoxy groups -OCH3 is 1. The molecular weight excluding hydrogens is 300 g/mol. The number of rotatable bonds is 5. The molecule has 0 N–H and O–H groups in total. The van der Waals surface area contributed by atoms with E-state index < -0.39 is 8.32 Å². The van der Waals surface area contributed by atoms with E-state index in [2.05, 4.69) is 51.8 Å². The van der Waals surface area contributed by atoms with Crippen LogP contribution in [-0.4, -0.2) is 21.5 Å². The summed E-state index contributed by atoms with van der Waals surface area (Å²) in [5, 5.41) is 0.112. The summed E-state index contributed by atoms with van der Waals surface area (Å²) < 4.78 is 11.8. The van der Waals surface area contributed by atoms with Crippen molar-refractivity contribution in [2.45, 2.75) is 58.4 Å². The second-order valence-electron chi connectivity index (χ2n) is 7.38. The van der Waals surface area contributed by atoms with Crippen LogP contribution >= 0.6 is 0 Å². The van der Waals surface area contributed by atoms with Crippen molar-refractivity contribution in [3.63, 3.8) is 0 Å². The summed E-state index contributed by atoms with van der Waals surface area (Å²) in [5.41, 5.74) is 2.86. The van der Waals surface area contributed by atoms with Gasteiger partial charge in [-0.05, 0) is 42.2 Å². The molecule has 23 heavy (non-hydrogen) atoms. The summed E-state index contributed by atoms with van der Waals surface area (Å²) in [7, 11) is -0.302. The van der Waals surface area contributed by atoms with Crippen molar-refractivity contribution < 1.29 is 9.16 Å². The van der Waals surface area contributed by atoms with Crippen LogP contribution in [0, 0.1) is 31.6 Å². The van der Waals surface area contributed by atoms with Gasteiger partial charge in [0.1, 0.15) is 11.9 Å².